The van der Waals surface area contributed by atoms with Crippen LogP contribution in [0, 0.1) is 5.92 Å². The average Bonchev–Trinajstić information content (AvgIpc) is 2.54. The summed E-state index contributed by atoms with van der Waals surface area (Å²) in [5.74, 6) is 0.611. The van der Waals surface area contributed by atoms with Gasteiger partial charge in [-0.05, 0) is 23.5 Å². The molecule has 1 N–H and O–H groups in total. The smallest absolute Gasteiger partial charge is 0.0949 e. The van der Waals surface area contributed by atoms with Crippen LogP contribution in [0.25, 0.3) is 0 Å². The van der Waals surface area contributed by atoms with E-state index in [9.17, 15) is 0 Å². The zero-order valence-corrected chi connectivity index (χ0v) is 10.2. The van der Waals surface area contributed by atoms with Crippen molar-refractivity contribution in [1.29, 1.82) is 0 Å². The van der Waals surface area contributed by atoms with E-state index in [0.717, 1.165) is 26.1 Å². The Morgan fingerprint density at radius 2 is 2.00 bits per heavy atom. The van der Waals surface area contributed by atoms with Gasteiger partial charge in [0.1, 0.15) is 0 Å². The molecule has 2 nitrogen and oxygen atoms in total. The Morgan fingerprint density at radius 3 is 2.69 bits per heavy atom. The number of ether oxygens (including phenoxy) is 1. The van der Waals surface area contributed by atoms with Crippen molar-refractivity contribution in [3.8, 4) is 0 Å². The van der Waals surface area contributed by atoms with E-state index in [1.165, 1.54) is 11.1 Å². The van der Waals surface area contributed by atoms with Gasteiger partial charge in [-0.15, -0.1) is 0 Å². The fraction of sp³-hybridized carbons (Fsp3) is 0.571. The highest BCUT2D eigenvalue weighted by Gasteiger charge is 2.17. The highest BCUT2D eigenvalue weighted by Crippen LogP contribution is 2.20. The summed E-state index contributed by atoms with van der Waals surface area (Å²) in [6, 6.07) is 8.79. The lowest BCUT2D eigenvalue weighted by molar-refractivity contribution is 0.0515. The van der Waals surface area contributed by atoms with Gasteiger partial charge in [-0.2, -0.15) is 0 Å². The largest absolute Gasteiger partial charge is 0.372 e. The van der Waals surface area contributed by atoms with Crippen LogP contribution < -0.4 is 5.32 Å². The summed E-state index contributed by atoms with van der Waals surface area (Å²) < 4.78 is 5.91. The van der Waals surface area contributed by atoms with Gasteiger partial charge in [0.2, 0.25) is 0 Å². The van der Waals surface area contributed by atoms with Crippen LogP contribution >= 0.6 is 0 Å². The van der Waals surface area contributed by atoms with Crippen molar-refractivity contribution >= 4 is 0 Å². The molecule has 1 aliphatic rings. The number of nitrogens with one attached hydrogen (secondary N) is 1. The van der Waals surface area contributed by atoms with Crippen molar-refractivity contribution in [3.05, 3.63) is 35.4 Å². The standard InChI is InChI=1S/C14H21NO/c1-3-12-4-6-13(7-5-12)14-9-15-8-11(2)10-16-14/h4-7,11,14-15H,3,8-10H2,1-2H3. The third-order valence-corrected chi connectivity index (χ3v) is 3.16. The van der Waals surface area contributed by atoms with Gasteiger partial charge >= 0.3 is 0 Å². The van der Waals surface area contributed by atoms with Gasteiger partial charge in [0.25, 0.3) is 0 Å². The average molecular weight is 219 g/mol. The molecule has 2 unspecified atom stereocenters. The molecule has 2 heteroatoms. The number of rotatable bonds is 2. The molecule has 0 radical (unpaired) electrons. The normalized spacial score (nSPS) is 26.4. The van der Waals surface area contributed by atoms with Gasteiger partial charge in [0.05, 0.1) is 12.7 Å². The molecule has 2 rings (SSSR count). The molecule has 0 aliphatic carbocycles. The lowest BCUT2D eigenvalue weighted by Gasteiger charge is -2.16. The van der Waals surface area contributed by atoms with Crippen LogP contribution in [-0.2, 0) is 11.2 Å². The Kier molecular flexibility index (Phi) is 3.97. The molecule has 0 amide bonds. The minimum Gasteiger partial charge on any atom is -0.372 e. The van der Waals surface area contributed by atoms with Crippen molar-refractivity contribution in [2.24, 2.45) is 5.92 Å². The highest BCUT2D eigenvalue weighted by molar-refractivity contribution is 5.24. The van der Waals surface area contributed by atoms with E-state index in [0.29, 0.717) is 5.92 Å². The Bertz CT molecular complexity index is 320. The van der Waals surface area contributed by atoms with Crippen LogP contribution in [0.4, 0.5) is 0 Å². The maximum atomic E-state index is 5.91. The first-order valence-corrected chi connectivity index (χ1v) is 6.20. The van der Waals surface area contributed by atoms with Crippen molar-refractivity contribution in [2.45, 2.75) is 26.4 Å². The Morgan fingerprint density at radius 1 is 1.25 bits per heavy atom. The van der Waals surface area contributed by atoms with Crippen LogP contribution in [0.2, 0.25) is 0 Å². The molecule has 1 aliphatic heterocycles. The van der Waals surface area contributed by atoms with Crippen LogP contribution in [0.3, 0.4) is 0 Å². The maximum absolute atomic E-state index is 5.91. The monoisotopic (exact) mass is 219 g/mol. The minimum absolute atomic E-state index is 0.218. The predicted octanol–water partition coefficient (Wildman–Crippen LogP) is 2.55. The van der Waals surface area contributed by atoms with Crippen molar-refractivity contribution in [1.82, 2.24) is 5.32 Å². The second-order valence-corrected chi connectivity index (χ2v) is 4.68. The topological polar surface area (TPSA) is 21.3 Å². The summed E-state index contributed by atoms with van der Waals surface area (Å²) in [5.41, 5.74) is 2.68. The summed E-state index contributed by atoms with van der Waals surface area (Å²) in [6.07, 6.45) is 1.32. The van der Waals surface area contributed by atoms with Gasteiger partial charge in [-0.1, -0.05) is 38.1 Å². The molecular formula is C14H21NO. The van der Waals surface area contributed by atoms with Crippen molar-refractivity contribution in [3.63, 3.8) is 0 Å². The molecular weight excluding hydrogens is 198 g/mol. The first-order valence-electron chi connectivity index (χ1n) is 6.20. The Hall–Kier alpha value is -0.860. The first-order chi connectivity index (χ1) is 7.79. The van der Waals surface area contributed by atoms with Gasteiger partial charge in [0.15, 0.2) is 0 Å². The summed E-state index contributed by atoms with van der Waals surface area (Å²) in [7, 11) is 0. The predicted molar refractivity (Wildman–Crippen MR) is 66.5 cm³/mol. The van der Waals surface area contributed by atoms with Crippen LogP contribution in [0.15, 0.2) is 24.3 Å². The summed E-state index contributed by atoms with van der Waals surface area (Å²) >= 11 is 0. The molecule has 0 aromatic heterocycles. The number of benzene rings is 1. The van der Waals surface area contributed by atoms with Crippen LogP contribution in [0.1, 0.15) is 31.1 Å². The van der Waals surface area contributed by atoms with E-state index in [-0.39, 0.29) is 6.10 Å². The zero-order chi connectivity index (χ0) is 11.4. The summed E-state index contributed by atoms with van der Waals surface area (Å²) in [6.45, 7) is 7.24. The molecule has 1 aromatic carbocycles. The molecule has 1 aromatic rings. The van der Waals surface area contributed by atoms with E-state index < -0.39 is 0 Å². The molecule has 1 heterocycles. The van der Waals surface area contributed by atoms with Gasteiger partial charge in [-0.3, -0.25) is 0 Å². The molecule has 88 valence electrons. The van der Waals surface area contributed by atoms with E-state index in [2.05, 4.69) is 43.4 Å². The summed E-state index contributed by atoms with van der Waals surface area (Å²) in [5, 5.41) is 3.45. The van der Waals surface area contributed by atoms with E-state index >= 15 is 0 Å². The number of aryl methyl sites for hydroxylation is 1. The Labute approximate surface area is 98.0 Å². The lowest BCUT2D eigenvalue weighted by Crippen LogP contribution is -2.22. The van der Waals surface area contributed by atoms with Gasteiger partial charge in [-0.25, -0.2) is 0 Å². The molecule has 0 bridgehead atoms. The highest BCUT2D eigenvalue weighted by atomic mass is 16.5. The zero-order valence-electron chi connectivity index (χ0n) is 10.2. The van der Waals surface area contributed by atoms with E-state index in [1.807, 2.05) is 0 Å². The maximum Gasteiger partial charge on any atom is 0.0949 e. The van der Waals surface area contributed by atoms with Crippen LogP contribution in [-0.4, -0.2) is 19.7 Å². The van der Waals surface area contributed by atoms with Gasteiger partial charge < -0.3 is 10.1 Å². The van der Waals surface area contributed by atoms with Crippen molar-refractivity contribution < 1.29 is 4.74 Å². The third-order valence-electron chi connectivity index (χ3n) is 3.16. The second-order valence-electron chi connectivity index (χ2n) is 4.68. The SMILES string of the molecule is CCc1ccc(C2CNCC(C)CO2)cc1. The summed E-state index contributed by atoms with van der Waals surface area (Å²) in [4.78, 5) is 0. The van der Waals surface area contributed by atoms with E-state index in [1.54, 1.807) is 0 Å². The number of hydrogen-bond donors (Lipinski definition) is 1. The molecule has 0 saturated carbocycles. The molecule has 2 atom stereocenters. The molecule has 1 saturated heterocycles. The van der Waals surface area contributed by atoms with E-state index in [4.69, 9.17) is 4.74 Å². The second kappa shape index (κ2) is 5.46. The quantitative estimate of drug-likeness (QED) is 0.825. The fourth-order valence-corrected chi connectivity index (χ4v) is 2.04. The van der Waals surface area contributed by atoms with Crippen molar-refractivity contribution in [2.75, 3.05) is 19.7 Å². The van der Waals surface area contributed by atoms with Gasteiger partial charge in [0, 0.05) is 13.1 Å². The number of hydrogen-bond acceptors (Lipinski definition) is 2. The van der Waals surface area contributed by atoms with Crippen LogP contribution in [0.5, 0.6) is 0 Å². The minimum atomic E-state index is 0.218. The Balaban J connectivity index is 2.04. The molecule has 16 heavy (non-hydrogen) atoms. The molecule has 1 fully saturated rings. The lowest BCUT2D eigenvalue weighted by atomic mass is 10.1. The molecule has 0 spiro atoms. The fourth-order valence-electron chi connectivity index (χ4n) is 2.04. The first kappa shape index (κ1) is 11.6. The third kappa shape index (κ3) is 2.83.